The van der Waals surface area contributed by atoms with E-state index in [0.29, 0.717) is 5.56 Å². The second kappa shape index (κ2) is 4.06. The van der Waals surface area contributed by atoms with Crippen LogP contribution < -0.4 is 11.1 Å². The summed E-state index contributed by atoms with van der Waals surface area (Å²) in [6.07, 6.45) is 1.61. The van der Waals surface area contributed by atoms with E-state index in [9.17, 15) is 9.59 Å². The van der Waals surface area contributed by atoms with Gasteiger partial charge in [-0.05, 0) is 6.07 Å². The average Bonchev–Trinajstić information content (AvgIpc) is 2.69. The SMILES string of the molecule is NC(=O)CNC(=O)c1c[nH]c2ccccc12. The highest BCUT2D eigenvalue weighted by Crippen LogP contribution is 2.17. The number of aromatic amines is 1. The lowest BCUT2D eigenvalue weighted by atomic mass is 10.1. The van der Waals surface area contributed by atoms with E-state index in [1.54, 1.807) is 6.20 Å². The van der Waals surface area contributed by atoms with Gasteiger partial charge in [0.05, 0.1) is 12.1 Å². The van der Waals surface area contributed by atoms with E-state index in [1.165, 1.54) is 0 Å². The van der Waals surface area contributed by atoms with Crippen LogP contribution in [0, 0.1) is 0 Å². The van der Waals surface area contributed by atoms with Gasteiger partial charge in [-0.15, -0.1) is 0 Å². The van der Waals surface area contributed by atoms with Crippen molar-refractivity contribution in [3.05, 3.63) is 36.0 Å². The quantitative estimate of drug-likeness (QED) is 0.694. The molecule has 0 saturated carbocycles. The first-order chi connectivity index (χ1) is 7.68. The van der Waals surface area contributed by atoms with Gasteiger partial charge in [0.15, 0.2) is 0 Å². The highest BCUT2D eigenvalue weighted by molar-refractivity contribution is 6.07. The van der Waals surface area contributed by atoms with Crippen LogP contribution in [0.25, 0.3) is 10.9 Å². The summed E-state index contributed by atoms with van der Waals surface area (Å²) >= 11 is 0. The van der Waals surface area contributed by atoms with E-state index >= 15 is 0 Å². The Bertz CT molecular complexity index is 545. The highest BCUT2D eigenvalue weighted by Gasteiger charge is 2.11. The molecular weight excluding hydrogens is 206 g/mol. The number of aromatic nitrogens is 1. The molecule has 5 nitrogen and oxygen atoms in total. The number of benzene rings is 1. The first-order valence-electron chi connectivity index (χ1n) is 4.81. The molecule has 0 radical (unpaired) electrons. The normalized spacial score (nSPS) is 10.2. The number of hydrogen-bond acceptors (Lipinski definition) is 2. The fourth-order valence-electron chi connectivity index (χ4n) is 1.52. The van der Waals surface area contributed by atoms with Crippen molar-refractivity contribution in [2.24, 2.45) is 5.73 Å². The van der Waals surface area contributed by atoms with Crippen LogP contribution in [0.5, 0.6) is 0 Å². The standard InChI is InChI=1S/C11H11N3O2/c12-10(15)6-14-11(16)8-5-13-9-4-2-1-3-7(8)9/h1-5,13H,6H2,(H2,12,15)(H,14,16). The van der Waals surface area contributed by atoms with E-state index in [4.69, 9.17) is 5.73 Å². The Morgan fingerprint density at radius 2 is 2.06 bits per heavy atom. The molecule has 0 saturated heterocycles. The van der Waals surface area contributed by atoms with Crippen LogP contribution in [0.15, 0.2) is 30.5 Å². The smallest absolute Gasteiger partial charge is 0.253 e. The van der Waals surface area contributed by atoms with Gasteiger partial charge in [-0.2, -0.15) is 0 Å². The number of H-pyrrole nitrogens is 1. The summed E-state index contributed by atoms with van der Waals surface area (Å²) in [6.45, 7) is -0.154. The van der Waals surface area contributed by atoms with Crippen molar-refractivity contribution in [2.75, 3.05) is 6.54 Å². The molecule has 1 aromatic heterocycles. The number of fused-ring (bicyclic) bond motifs is 1. The largest absolute Gasteiger partial charge is 0.368 e. The van der Waals surface area contributed by atoms with E-state index in [1.807, 2.05) is 24.3 Å². The molecule has 16 heavy (non-hydrogen) atoms. The van der Waals surface area contributed by atoms with Gasteiger partial charge >= 0.3 is 0 Å². The summed E-state index contributed by atoms with van der Waals surface area (Å²) in [4.78, 5) is 25.2. The Hall–Kier alpha value is -2.30. The van der Waals surface area contributed by atoms with Gasteiger partial charge in [0, 0.05) is 17.1 Å². The number of rotatable bonds is 3. The van der Waals surface area contributed by atoms with Crippen LogP contribution in [-0.4, -0.2) is 23.3 Å². The topological polar surface area (TPSA) is 88.0 Å². The Balaban J connectivity index is 2.26. The van der Waals surface area contributed by atoms with E-state index in [-0.39, 0.29) is 12.5 Å². The molecule has 0 aliphatic heterocycles. The molecule has 0 aliphatic carbocycles. The van der Waals surface area contributed by atoms with Crippen molar-refractivity contribution < 1.29 is 9.59 Å². The second-order valence-electron chi connectivity index (χ2n) is 3.40. The van der Waals surface area contributed by atoms with E-state index in [2.05, 4.69) is 10.3 Å². The molecule has 0 atom stereocenters. The fraction of sp³-hybridized carbons (Fsp3) is 0.0909. The number of hydrogen-bond donors (Lipinski definition) is 3. The summed E-state index contributed by atoms with van der Waals surface area (Å²) in [6, 6.07) is 7.44. The lowest BCUT2D eigenvalue weighted by molar-refractivity contribution is -0.117. The molecule has 82 valence electrons. The molecule has 5 heteroatoms. The molecule has 2 rings (SSSR count). The zero-order valence-corrected chi connectivity index (χ0v) is 8.49. The molecule has 0 bridgehead atoms. The number of primary amides is 1. The fourth-order valence-corrected chi connectivity index (χ4v) is 1.52. The van der Waals surface area contributed by atoms with Gasteiger partial charge in [0.1, 0.15) is 0 Å². The van der Waals surface area contributed by atoms with Crippen molar-refractivity contribution in [1.82, 2.24) is 10.3 Å². The molecule has 0 spiro atoms. The van der Waals surface area contributed by atoms with Crippen molar-refractivity contribution in [3.8, 4) is 0 Å². The Morgan fingerprint density at radius 1 is 1.31 bits per heavy atom. The van der Waals surface area contributed by atoms with Gasteiger partial charge < -0.3 is 16.0 Å². The molecule has 0 fully saturated rings. The van der Waals surface area contributed by atoms with Gasteiger partial charge in [-0.1, -0.05) is 18.2 Å². The first kappa shape index (κ1) is 10.2. The van der Waals surface area contributed by atoms with Crippen LogP contribution in [0.1, 0.15) is 10.4 Å². The Morgan fingerprint density at radius 3 is 2.81 bits per heavy atom. The molecule has 0 unspecified atom stereocenters. The predicted molar refractivity (Wildman–Crippen MR) is 59.8 cm³/mol. The number of carbonyl (C=O) groups is 2. The van der Waals surface area contributed by atoms with Crippen molar-refractivity contribution >= 4 is 22.7 Å². The van der Waals surface area contributed by atoms with Crippen molar-refractivity contribution in [3.63, 3.8) is 0 Å². The third-order valence-electron chi connectivity index (χ3n) is 2.26. The van der Waals surface area contributed by atoms with Crippen LogP contribution in [0.2, 0.25) is 0 Å². The monoisotopic (exact) mass is 217 g/mol. The number of amides is 2. The maximum Gasteiger partial charge on any atom is 0.253 e. The van der Waals surface area contributed by atoms with Crippen LogP contribution in [0.4, 0.5) is 0 Å². The molecule has 1 heterocycles. The molecule has 4 N–H and O–H groups in total. The van der Waals surface area contributed by atoms with Crippen molar-refractivity contribution in [2.45, 2.75) is 0 Å². The van der Waals surface area contributed by atoms with Crippen molar-refractivity contribution in [1.29, 1.82) is 0 Å². The van der Waals surface area contributed by atoms with Crippen LogP contribution in [-0.2, 0) is 4.79 Å². The minimum absolute atomic E-state index is 0.154. The van der Waals surface area contributed by atoms with Crippen LogP contribution in [0.3, 0.4) is 0 Å². The lowest BCUT2D eigenvalue weighted by Crippen LogP contribution is -2.33. The third-order valence-corrected chi connectivity index (χ3v) is 2.26. The first-order valence-corrected chi connectivity index (χ1v) is 4.81. The maximum absolute atomic E-state index is 11.7. The molecule has 0 aliphatic rings. The van der Waals surface area contributed by atoms with Gasteiger partial charge in [-0.3, -0.25) is 9.59 Å². The van der Waals surface area contributed by atoms with Gasteiger partial charge in [0.2, 0.25) is 5.91 Å². The number of nitrogens with one attached hydrogen (secondary N) is 2. The Labute approximate surface area is 91.6 Å². The number of carbonyl (C=O) groups excluding carboxylic acids is 2. The minimum atomic E-state index is -0.562. The summed E-state index contributed by atoms with van der Waals surface area (Å²) in [7, 11) is 0. The highest BCUT2D eigenvalue weighted by atomic mass is 16.2. The summed E-state index contributed by atoms with van der Waals surface area (Å²) in [5, 5.41) is 3.27. The molecule has 2 amide bonds. The summed E-state index contributed by atoms with van der Waals surface area (Å²) < 4.78 is 0. The summed E-state index contributed by atoms with van der Waals surface area (Å²) in [5.41, 5.74) is 6.34. The maximum atomic E-state index is 11.7. The number of para-hydroxylation sites is 1. The Kier molecular flexibility index (Phi) is 2.59. The van der Waals surface area contributed by atoms with E-state index < -0.39 is 5.91 Å². The predicted octanol–water partition coefficient (Wildman–Crippen LogP) is 0.383. The zero-order valence-electron chi connectivity index (χ0n) is 8.49. The van der Waals surface area contributed by atoms with E-state index in [0.717, 1.165) is 10.9 Å². The third kappa shape index (κ3) is 1.88. The molecular formula is C11H11N3O2. The van der Waals surface area contributed by atoms with Gasteiger partial charge in [-0.25, -0.2) is 0 Å². The lowest BCUT2D eigenvalue weighted by Gasteiger charge is -2.00. The van der Waals surface area contributed by atoms with Crippen LogP contribution >= 0.6 is 0 Å². The zero-order chi connectivity index (χ0) is 11.5. The average molecular weight is 217 g/mol. The second-order valence-corrected chi connectivity index (χ2v) is 3.40. The molecule has 2 aromatic rings. The number of nitrogens with two attached hydrogens (primary N) is 1. The van der Waals surface area contributed by atoms with Gasteiger partial charge in [0.25, 0.3) is 5.91 Å². The molecule has 1 aromatic carbocycles. The minimum Gasteiger partial charge on any atom is -0.368 e. The summed E-state index contributed by atoms with van der Waals surface area (Å²) in [5.74, 6) is -0.871.